The van der Waals surface area contributed by atoms with Gasteiger partial charge < -0.3 is 14.5 Å². The van der Waals surface area contributed by atoms with E-state index in [1.54, 1.807) is 6.07 Å². The number of hydrogen-bond donors (Lipinski definition) is 1. The molecule has 0 spiro atoms. The third kappa shape index (κ3) is 2.52. The van der Waals surface area contributed by atoms with E-state index >= 15 is 0 Å². The van der Waals surface area contributed by atoms with Crippen molar-refractivity contribution in [3.8, 4) is 11.3 Å². The van der Waals surface area contributed by atoms with Gasteiger partial charge in [-0.05, 0) is 43.6 Å². The maximum Gasteiger partial charge on any atom is 0.250 e. The summed E-state index contributed by atoms with van der Waals surface area (Å²) in [5, 5.41) is 1.29. The lowest BCUT2D eigenvalue weighted by molar-refractivity contribution is 0.373. The molecule has 0 aliphatic heterocycles. The van der Waals surface area contributed by atoms with Gasteiger partial charge in [0.15, 0.2) is 0 Å². The summed E-state index contributed by atoms with van der Waals surface area (Å²) in [4.78, 5) is 18.3. The molecule has 0 radical (unpaired) electrons. The van der Waals surface area contributed by atoms with E-state index in [9.17, 15) is 4.79 Å². The van der Waals surface area contributed by atoms with Gasteiger partial charge in [0.1, 0.15) is 0 Å². The molecule has 0 atom stereocenters. The van der Waals surface area contributed by atoms with Crippen molar-refractivity contribution in [1.29, 1.82) is 0 Å². The lowest BCUT2D eigenvalue weighted by atomic mass is 9.73. The molecule has 130 valence electrons. The van der Waals surface area contributed by atoms with Crippen LogP contribution in [0.25, 0.3) is 22.2 Å². The van der Waals surface area contributed by atoms with Gasteiger partial charge in [0.2, 0.25) is 0 Å². The van der Waals surface area contributed by atoms with Gasteiger partial charge in [-0.1, -0.05) is 32.0 Å². The van der Waals surface area contributed by atoms with Crippen molar-refractivity contribution in [3.63, 3.8) is 0 Å². The van der Waals surface area contributed by atoms with Gasteiger partial charge in [0.25, 0.3) is 5.56 Å². The van der Waals surface area contributed by atoms with E-state index in [0.29, 0.717) is 0 Å². The molecule has 0 saturated carbocycles. The van der Waals surface area contributed by atoms with Crippen molar-refractivity contribution in [2.24, 2.45) is 0 Å². The second-order valence-corrected chi connectivity index (χ2v) is 7.97. The number of nitrogens with zero attached hydrogens (tertiary/aromatic N) is 2. The van der Waals surface area contributed by atoms with Crippen LogP contribution in [0.2, 0.25) is 0 Å². The van der Waals surface area contributed by atoms with Crippen LogP contribution in [0.4, 0.5) is 0 Å². The minimum Gasteiger partial charge on any atom is -0.354 e. The number of para-hydroxylation sites is 1. The van der Waals surface area contributed by atoms with Crippen molar-refractivity contribution < 1.29 is 0 Å². The highest BCUT2D eigenvalue weighted by molar-refractivity contribution is 5.93. The summed E-state index contributed by atoms with van der Waals surface area (Å²) in [5.74, 6) is 0. The number of hydrogen-bond acceptors (Lipinski definition) is 2. The number of aromatic nitrogens is 2. The Morgan fingerprint density at radius 3 is 2.68 bits per heavy atom. The molecule has 0 amide bonds. The topological polar surface area (TPSA) is 41.0 Å². The Hall–Kier alpha value is -2.33. The summed E-state index contributed by atoms with van der Waals surface area (Å²) in [6, 6.07) is 12.2. The van der Waals surface area contributed by atoms with E-state index in [1.165, 1.54) is 27.7 Å². The van der Waals surface area contributed by atoms with E-state index in [-0.39, 0.29) is 11.0 Å². The first-order valence-corrected chi connectivity index (χ1v) is 8.87. The molecule has 2 heterocycles. The van der Waals surface area contributed by atoms with Gasteiger partial charge in [0, 0.05) is 41.3 Å². The van der Waals surface area contributed by atoms with Crippen molar-refractivity contribution in [2.75, 3.05) is 20.6 Å². The first-order chi connectivity index (χ1) is 11.9. The minimum absolute atomic E-state index is 0.0183. The van der Waals surface area contributed by atoms with Gasteiger partial charge >= 0.3 is 0 Å². The second-order valence-electron chi connectivity index (χ2n) is 7.97. The number of fused-ring (bicyclic) bond motifs is 5. The Bertz CT molecular complexity index is 1010. The highest BCUT2D eigenvalue weighted by atomic mass is 16.1. The van der Waals surface area contributed by atoms with Gasteiger partial charge in [-0.2, -0.15) is 0 Å². The SMILES string of the molecule is CN(C)CCn1c2c(ccc1=O)-c1[nH]c3ccccc3c1C(C)(C)C2. The quantitative estimate of drug-likeness (QED) is 0.797. The van der Waals surface area contributed by atoms with Crippen LogP contribution in [0.1, 0.15) is 25.1 Å². The average molecular weight is 335 g/mol. The monoisotopic (exact) mass is 335 g/mol. The number of benzene rings is 1. The van der Waals surface area contributed by atoms with Crippen LogP contribution < -0.4 is 5.56 Å². The third-order valence-corrected chi connectivity index (χ3v) is 5.33. The molecule has 4 heteroatoms. The second kappa shape index (κ2) is 5.60. The minimum atomic E-state index is -0.0183. The summed E-state index contributed by atoms with van der Waals surface area (Å²) < 4.78 is 1.96. The van der Waals surface area contributed by atoms with Gasteiger partial charge in [-0.15, -0.1) is 0 Å². The summed E-state index contributed by atoms with van der Waals surface area (Å²) in [7, 11) is 4.08. The number of H-pyrrole nitrogens is 1. The van der Waals surface area contributed by atoms with Gasteiger partial charge in [-0.3, -0.25) is 4.79 Å². The highest BCUT2D eigenvalue weighted by Gasteiger charge is 2.35. The molecule has 4 rings (SSSR count). The van der Waals surface area contributed by atoms with Crippen molar-refractivity contribution in [3.05, 3.63) is 58.0 Å². The highest BCUT2D eigenvalue weighted by Crippen LogP contribution is 2.45. The Morgan fingerprint density at radius 1 is 1.16 bits per heavy atom. The van der Waals surface area contributed by atoms with E-state index in [4.69, 9.17) is 0 Å². The first kappa shape index (κ1) is 16.2. The Kier molecular flexibility index (Phi) is 3.62. The smallest absolute Gasteiger partial charge is 0.250 e. The largest absolute Gasteiger partial charge is 0.354 e. The van der Waals surface area contributed by atoms with E-state index in [1.807, 2.05) is 24.7 Å². The fourth-order valence-electron chi connectivity index (χ4n) is 4.14. The molecule has 25 heavy (non-hydrogen) atoms. The molecule has 1 aliphatic rings. The summed E-state index contributed by atoms with van der Waals surface area (Å²) in [6.07, 6.45) is 0.876. The molecule has 1 N–H and O–H groups in total. The van der Waals surface area contributed by atoms with Gasteiger partial charge in [0.05, 0.1) is 5.69 Å². The number of likely N-dealkylation sites (N-methyl/N-ethyl adjacent to an activating group) is 1. The molecule has 0 saturated heterocycles. The fraction of sp³-hybridized carbons (Fsp3) is 0.381. The molecule has 2 aromatic heterocycles. The van der Waals surface area contributed by atoms with Crippen LogP contribution in [0.15, 0.2) is 41.2 Å². The van der Waals surface area contributed by atoms with Crippen molar-refractivity contribution in [1.82, 2.24) is 14.5 Å². The Labute approximate surface area is 148 Å². The van der Waals surface area contributed by atoms with Crippen LogP contribution in [0, 0.1) is 0 Å². The molecular formula is C21H25N3O. The van der Waals surface area contributed by atoms with Crippen LogP contribution >= 0.6 is 0 Å². The van der Waals surface area contributed by atoms with Crippen molar-refractivity contribution >= 4 is 10.9 Å². The fourth-order valence-corrected chi connectivity index (χ4v) is 4.14. The summed E-state index contributed by atoms with van der Waals surface area (Å²) in [5.41, 5.74) is 6.10. The maximum atomic E-state index is 12.5. The van der Waals surface area contributed by atoms with Gasteiger partial charge in [-0.25, -0.2) is 0 Å². The molecule has 1 aliphatic carbocycles. The van der Waals surface area contributed by atoms with Crippen LogP contribution in [-0.4, -0.2) is 35.1 Å². The molecule has 1 aromatic carbocycles. The molecular weight excluding hydrogens is 310 g/mol. The zero-order chi connectivity index (χ0) is 17.8. The lowest BCUT2D eigenvalue weighted by Crippen LogP contribution is -2.34. The Balaban J connectivity index is 1.98. The molecule has 0 unspecified atom stereocenters. The zero-order valence-electron chi connectivity index (χ0n) is 15.4. The predicted octanol–water partition coefficient (Wildman–Crippen LogP) is 3.39. The van der Waals surface area contributed by atoms with Crippen LogP contribution in [-0.2, 0) is 18.4 Å². The third-order valence-electron chi connectivity index (χ3n) is 5.33. The number of aromatic amines is 1. The zero-order valence-corrected chi connectivity index (χ0v) is 15.4. The normalized spacial score (nSPS) is 15.4. The summed E-state index contributed by atoms with van der Waals surface area (Å²) in [6.45, 7) is 6.14. The molecule has 0 bridgehead atoms. The maximum absolute atomic E-state index is 12.5. The lowest BCUT2D eigenvalue weighted by Gasteiger charge is -2.34. The van der Waals surface area contributed by atoms with E-state index in [2.05, 4.69) is 48.0 Å². The standard InChI is InChI=1S/C21H25N3O/c1-21(2)13-17-15(9-10-18(25)24(17)12-11-23(3)4)20-19(21)14-7-5-6-8-16(14)22-20/h5-10,22H,11-13H2,1-4H3. The number of pyridine rings is 1. The van der Waals surface area contributed by atoms with E-state index < -0.39 is 0 Å². The van der Waals surface area contributed by atoms with E-state index in [0.717, 1.165) is 25.2 Å². The van der Waals surface area contributed by atoms with Crippen LogP contribution in [0.3, 0.4) is 0 Å². The molecule has 4 nitrogen and oxygen atoms in total. The van der Waals surface area contributed by atoms with Crippen LogP contribution in [0.5, 0.6) is 0 Å². The summed E-state index contributed by atoms with van der Waals surface area (Å²) >= 11 is 0. The number of rotatable bonds is 3. The predicted molar refractivity (Wildman–Crippen MR) is 103 cm³/mol. The molecule has 0 fully saturated rings. The Morgan fingerprint density at radius 2 is 1.92 bits per heavy atom. The molecule has 3 aromatic rings. The first-order valence-electron chi connectivity index (χ1n) is 8.87. The average Bonchev–Trinajstić information content (AvgIpc) is 2.94. The number of nitrogens with one attached hydrogen (secondary N) is 1. The van der Waals surface area contributed by atoms with Crippen molar-refractivity contribution in [2.45, 2.75) is 32.2 Å².